The van der Waals surface area contributed by atoms with Gasteiger partial charge in [0, 0.05) is 5.56 Å². The quantitative estimate of drug-likeness (QED) is 0.846. The average molecular weight is 289 g/mol. The zero-order valence-corrected chi connectivity index (χ0v) is 11.6. The molecule has 20 heavy (non-hydrogen) atoms. The van der Waals surface area contributed by atoms with Crippen LogP contribution in [-0.4, -0.2) is 21.3 Å². The van der Waals surface area contributed by atoms with Gasteiger partial charge >= 0.3 is 0 Å². The maximum atomic E-state index is 11.4. The van der Waals surface area contributed by atoms with Gasteiger partial charge in [0.25, 0.3) is 0 Å². The molecule has 0 saturated carbocycles. The van der Waals surface area contributed by atoms with Crippen LogP contribution in [-0.2, 0) is 11.3 Å². The molecule has 0 saturated heterocycles. The number of nitrogens with zero attached hydrogens (tertiary/aromatic N) is 2. The highest BCUT2D eigenvalue weighted by molar-refractivity contribution is 6.30. The molecule has 0 fully saturated rings. The first-order chi connectivity index (χ1) is 9.60. The summed E-state index contributed by atoms with van der Waals surface area (Å²) < 4.78 is 0. The fourth-order valence-corrected chi connectivity index (χ4v) is 1.74. The van der Waals surface area contributed by atoms with Crippen molar-refractivity contribution in [2.45, 2.75) is 18.8 Å². The summed E-state index contributed by atoms with van der Waals surface area (Å²) in [6.07, 6.45) is 1.67. The van der Waals surface area contributed by atoms with Gasteiger partial charge in [0.05, 0.1) is 30.1 Å². The van der Waals surface area contributed by atoms with Crippen LogP contribution in [0.3, 0.4) is 0 Å². The molecule has 5 nitrogen and oxygen atoms in total. The standard InChI is InChI=1S/C14H13ClN4O/c1-9(15)14(20)18-8-13-17-7-12(19-13)11-4-2-3-10(5-11)6-16/h2-5,7,9H,8H2,1H3,(H,17,19)(H,18,20). The molecule has 1 unspecified atom stereocenters. The summed E-state index contributed by atoms with van der Waals surface area (Å²) in [7, 11) is 0. The number of nitriles is 1. The van der Waals surface area contributed by atoms with Crippen molar-refractivity contribution >= 4 is 17.5 Å². The second-order valence-corrected chi connectivity index (χ2v) is 4.92. The van der Waals surface area contributed by atoms with Gasteiger partial charge < -0.3 is 10.3 Å². The molecule has 1 amide bonds. The number of carbonyl (C=O) groups excluding carboxylic acids is 1. The summed E-state index contributed by atoms with van der Waals surface area (Å²) in [4.78, 5) is 18.6. The molecular weight excluding hydrogens is 276 g/mol. The molecule has 102 valence electrons. The fourth-order valence-electron chi connectivity index (χ4n) is 1.67. The van der Waals surface area contributed by atoms with E-state index in [0.29, 0.717) is 11.4 Å². The molecule has 2 N–H and O–H groups in total. The largest absolute Gasteiger partial charge is 0.348 e. The highest BCUT2D eigenvalue weighted by Gasteiger charge is 2.09. The van der Waals surface area contributed by atoms with Crippen LogP contribution in [0.15, 0.2) is 30.5 Å². The second-order valence-electron chi connectivity index (χ2n) is 4.27. The Morgan fingerprint density at radius 2 is 2.40 bits per heavy atom. The molecule has 1 aromatic heterocycles. The van der Waals surface area contributed by atoms with E-state index in [-0.39, 0.29) is 12.5 Å². The lowest BCUT2D eigenvalue weighted by Crippen LogP contribution is -2.29. The zero-order chi connectivity index (χ0) is 14.5. The van der Waals surface area contributed by atoms with Crippen LogP contribution in [0.25, 0.3) is 11.3 Å². The maximum Gasteiger partial charge on any atom is 0.238 e. The van der Waals surface area contributed by atoms with Crippen molar-refractivity contribution < 1.29 is 4.79 Å². The molecule has 0 aliphatic heterocycles. The molecule has 0 aliphatic carbocycles. The van der Waals surface area contributed by atoms with Gasteiger partial charge in [-0.15, -0.1) is 11.6 Å². The molecule has 1 aromatic carbocycles. The number of halogens is 1. The summed E-state index contributed by atoms with van der Waals surface area (Å²) in [5.41, 5.74) is 2.26. The summed E-state index contributed by atoms with van der Waals surface area (Å²) in [6.45, 7) is 1.89. The highest BCUT2D eigenvalue weighted by atomic mass is 35.5. The zero-order valence-electron chi connectivity index (χ0n) is 10.9. The Bertz CT molecular complexity index is 657. The van der Waals surface area contributed by atoms with Crippen LogP contribution < -0.4 is 5.32 Å². The number of hydrogen-bond donors (Lipinski definition) is 2. The van der Waals surface area contributed by atoms with Crippen molar-refractivity contribution in [2.24, 2.45) is 0 Å². The summed E-state index contributed by atoms with van der Waals surface area (Å²) in [5, 5.41) is 11.0. The molecule has 0 aliphatic rings. The van der Waals surface area contributed by atoms with Gasteiger partial charge in [-0.3, -0.25) is 4.79 Å². The molecule has 0 spiro atoms. The van der Waals surface area contributed by atoms with Crippen LogP contribution in [0.2, 0.25) is 0 Å². The Balaban J connectivity index is 2.09. The van der Waals surface area contributed by atoms with Gasteiger partial charge in [-0.25, -0.2) is 4.98 Å². The lowest BCUT2D eigenvalue weighted by Gasteiger charge is -2.04. The van der Waals surface area contributed by atoms with E-state index in [1.54, 1.807) is 25.3 Å². The van der Waals surface area contributed by atoms with E-state index >= 15 is 0 Å². The third-order valence-corrected chi connectivity index (χ3v) is 2.92. The van der Waals surface area contributed by atoms with Crippen LogP contribution in [0, 0.1) is 11.3 Å². The first-order valence-corrected chi connectivity index (χ1v) is 6.50. The number of alkyl halides is 1. The molecular formula is C14H13ClN4O. The predicted octanol–water partition coefficient (Wildman–Crippen LogP) is 2.19. The van der Waals surface area contributed by atoms with Crippen molar-refractivity contribution in [3.05, 3.63) is 41.9 Å². The number of nitrogens with one attached hydrogen (secondary N) is 2. The first-order valence-electron chi connectivity index (χ1n) is 6.06. The topological polar surface area (TPSA) is 81.6 Å². The van der Waals surface area contributed by atoms with Crippen molar-refractivity contribution in [3.8, 4) is 17.3 Å². The molecule has 2 rings (SSSR count). The lowest BCUT2D eigenvalue weighted by atomic mass is 10.1. The minimum absolute atomic E-state index is 0.240. The van der Waals surface area contributed by atoms with E-state index in [1.807, 2.05) is 12.1 Å². The SMILES string of the molecule is CC(Cl)C(=O)NCc1ncc(-c2cccc(C#N)c2)[nH]1. The molecule has 1 heterocycles. The Labute approximate surface area is 121 Å². The van der Waals surface area contributed by atoms with E-state index in [1.165, 1.54) is 0 Å². The van der Waals surface area contributed by atoms with Crippen molar-refractivity contribution in [1.82, 2.24) is 15.3 Å². The normalized spacial score (nSPS) is 11.7. The summed E-state index contributed by atoms with van der Waals surface area (Å²) >= 11 is 5.66. The molecule has 0 radical (unpaired) electrons. The average Bonchev–Trinajstić information content (AvgIpc) is 2.93. The maximum absolute atomic E-state index is 11.4. The molecule has 1 atom stereocenters. The van der Waals surface area contributed by atoms with E-state index in [0.717, 1.165) is 11.3 Å². The molecule has 0 bridgehead atoms. The lowest BCUT2D eigenvalue weighted by molar-refractivity contribution is -0.120. The van der Waals surface area contributed by atoms with Gasteiger partial charge in [-0.1, -0.05) is 12.1 Å². The van der Waals surface area contributed by atoms with E-state index in [9.17, 15) is 4.79 Å². The third-order valence-electron chi connectivity index (χ3n) is 2.72. The number of hydrogen-bond acceptors (Lipinski definition) is 3. The first kappa shape index (κ1) is 14.1. The summed E-state index contributed by atoms with van der Waals surface area (Å²) in [6, 6.07) is 9.30. The molecule has 6 heteroatoms. The van der Waals surface area contributed by atoms with Crippen molar-refractivity contribution in [1.29, 1.82) is 5.26 Å². The van der Waals surface area contributed by atoms with E-state index < -0.39 is 5.38 Å². The number of rotatable bonds is 4. The van der Waals surface area contributed by atoms with Gasteiger partial charge in [-0.2, -0.15) is 5.26 Å². The Hall–Kier alpha value is -2.32. The smallest absolute Gasteiger partial charge is 0.238 e. The van der Waals surface area contributed by atoms with Crippen molar-refractivity contribution in [2.75, 3.05) is 0 Å². The van der Waals surface area contributed by atoms with Gasteiger partial charge in [0.1, 0.15) is 11.2 Å². The third kappa shape index (κ3) is 3.37. The number of amides is 1. The Kier molecular flexibility index (Phi) is 4.38. The van der Waals surface area contributed by atoms with Gasteiger partial charge in [0.15, 0.2) is 0 Å². The fraction of sp³-hybridized carbons (Fsp3) is 0.214. The number of aromatic nitrogens is 2. The number of aromatic amines is 1. The Morgan fingerprint density at radius 1 is 1.60 bits per heavy atom. The monoisotopic (exact) mass is 288 g/mol. The molecule has 2 aromatic rings. The predicted molar refractivity (Wildman–Crippen MR) is 75.9 cm³/mol. The number of carbonyl (C=O) groups is 1. The number of benzene rings is 1. The van der Waals surface area contributed by atoms with Crippen LogP contribution >= 0.6 is 11.6 Å². The van der Waals surface area contributed by atoms with Gasteiger partial charge in [0.2, 0.25) is 5.91 Å². The number of H-pyrrole nitrogens is 1. The Morgan fingerprint density at radius 3 is 3.10 bits per heavy atom. The van der Waals surface area contributed by atoms with Crippen LogP contribution in [0.4, 0.5) is 0 Å². The number of imidazole rings is 1. The minimum atomic E-state index is -0.572. The van der Waals surface area contributed by atoms with Crippen molar-refractivity contribution in [3.63, 3.8) is 0 Å². The van der Waals surface area contributed by atoms with Gasteiger partial charge in [-0.05, 0) is 19.1 Å². The summed E-state index contributed by atoms with van der Waals surface area (Å²) in [5.74, 6) is 0.393. The second kappa shape index (κ2) is 6.22. The van der Waals surface area contributed by atoms with E-state index in [4.69, 9.17) is 16.9 Å². The van der Waals surface area contributed by atoms with Crippen LogP contribution in [0.5, 0.6) is 0 Å². The van der Waals surface area contributed by atoms with E-state index in [2.05, 4.69) is 21.4 Å². The minimum Gasteiger partial charge on any atom is -0.348 e. The van der Waals surface area contributed by atoms with Crippen LogP contribution in [0.1, 0.15) is 18.3 Å². The highest BCUT2D eigenvalue weighted by Crippen LogP contribution is 2.18.